The molecule has 2 aromatic heterocycles. The summed E-state index contributed by atoms with van der Waals surface area (Å²) >= 11 is 2.93. The van der Waals surface area contributed by atoms with Gasteiger partial charge < -0.3 is 9.73 Å². The summed E-state index contributed by atoms with van der Waals surface area (Å²) < 4.78 is 7.62. The zero-order valence-corrected chi connectivity index (χ0v) is 21.0. The molecule has 10 heteroatoms. The fourth-order valence-electron chi connectivity index (χ4n) is 3.47. The van der Waals surface area contributed by atoms with Crippen molar-refractivity contribution in [3.63, 3.8) is 0 Å². The Hall–Kier alpha value is -4.28. The molecule has 0 radical (unpaired) electrons. The van der Waals surface area contributed by atoms with Crippen molar-refractivity contribution in [2.45, 2.75) is 10.9 Å². The minimum Gasteiger partial charge on any atom is -0.455 e. The summed E-state index contributed by atoms with van der Waals surface area (Å²) in [5.41, 5.74) is 3.45. The predicted octanol–water partition coefficient (Wildman–Crippen LogP) is 6.62. The van der Waals surface area contributed by atoms with Gasteiger partial charge in [0, 0.05) is 24.2 Å². The van der Waals surface area contributed by atoms with Crippen LogP contribution < -0.4 is 5.32 Å². The molecule has 2 heterocycles. The third kappa shape index (κ3) is 6.29. The lowest BCUT2D eigenvalue weighted by atomic mass is 10.1. The van der Waals surface area contributed by atoms with Crippen LogP contribution in [0, 0.1) is 10.1 Å². The topological polar surface area (TPSA) is 111 Å². The minimum atomic E-state index is -0.435. The van der Waals surface area contributed by atoms with Crippen molar-refractivity contribution in [1.82, 2.24) is 10.3 Å². The van der Waals surface area contributed by atoms with Gasteiger partial charge in [0.25, 0.3) is 5.69 Å². The first-order valence-corrected chi connectivity index (χ1v) is 13.1. The van der Waals surface area contributed by atoms with Crippen LogP contribution in [0.3, 0.4) is 0 Å². The van der Waals surface area contributed by atoms with Crippen molar-refractivity contribution < 1.29 is 14.1 Å². The van der Waals surface area contributed by atoms with Gasteiger partial charge in [-0.1, -0.05) is 42.1 Å². The molecule has 1 N–H and O–H groups in total. The number of thiazole rings is 1. The molecule has 0 unspecified atom stereocenters. The quantitative estimate of drug-likeness (QED) is 0.0996. The Kier molecular flexibility index (Phi) is 7.38. The summed E-state index contributed by atoms with van der Waals surface area (Å²) in [4.78, 5) is 31.7. The van der Waals surface area contributed by atoms with Gasteiger partial charge in [0.05, 0.1) is 32.8 Å². The highest BCUT2D eigenvalue weighted by atomic mass is 32.2. The molecule has 5 rings (SSSR count). The van der Waals surface area contributed by atoms with E-state index in [1.54, 1.807) is 30.5 Å². The average Bonchev–Trinajstić information content (AvgIpc) is 3.57. The van der Waals surface area contributed by atoms with Crippen LogP contribution in [-0.2, 0) is 11.3 Å². The second-order valence-corrected chi connectivity index (χ2v) is 10.2. The van der Waals surface area contributed by atoms with Gasteiger partial charge in [-0.25, -0.2) is 4.98 Å². The lowest BCUT2D eigenvalue weighted by Gasteiger charge is -2.03. The zero-order valence-electron chi connectivity index (χ0n) is 19.4. The number of hydrogen-bond donors (Lipinski definition) is 1. The van der Waals surface area contributed by atoms with Gasteiger partial charge in [-0.15, -0.1) is 11.3 Å². The van der Waals surface area contributed by atoms with E-state index < -0.39 is 4.92 Å². The molecule has 0 saturated carbocycles. The number of amides is 1. The average molecular weight is 529 g/mol. The Balaban J connectivity index is 1.19. The Morgan fingerprint density at radius 1 is 1.08 bits per heavy atom. The Morgan fingerprint density at radius 2 is 1.89 bits per heavy atom. The van der Waals surface area contributed by atoms with E-state index in [1.807, 2.05) is 48.5 Å². The number of aliphatic imine (C=N–C) groups is 1. The molecule has 0 spiro atoms. The summed E-state index contributed by atoms with van der Waals surface area (Å²) in [5, 5.41) is 13.8. The number of nitrogens with zero attached hydrogens (tertiary/aromatic N) is 3. The van der Waals surface area contributed by atoms with Gasteiger partial charge in [0.1, 0.15) is 11.5 Å². The highest BCUT2D eigenvalue weighted by Gasteiger charge is 2.10. The number of rotatable bonds is 9. The highest BCUT2D eigenvalue weighted by molar-refractivity contribution is 8.01. The van der Waals surface area contributed by atoms with Crippen LogP contribution >= 0.6 is 23.1 Å². The van der Waals surface area contributed by atoms with Gasteiger partial charge in [-0.05, 0) is 48.0 Å². The number of benzene rings is 3. The largest absolute Gasteiger partial charge is 0.455 e. The molecule has 0 aliphatic carbocycles. The number of nitrogens with one attached hydrogen (secondary N) is 1. The fourth-order valence-corrected chi connectivity index (χ4v) is 5.40. The van der Waals surface area contributed by atoms with E-state index in [2.05, 4.69) is 15.3 Å². The molecular weight excluding hydrogens is 508 g/mol. The van der Waals surface area contributed by atoms with Crippen molar-refractivity contribution in [3.05, 3.63) is 106 Å². The monoisotopic (exact) mass is 528 g/mol. The molecule has 0 bridgehead atoms. The van der Waals surface area contributed by atoms with Gasteiger partial charge in [0.15, 0.2) is 4.34 Å². The van der Waals surface area contributed by atoms with Gasteiger partial charge >= 0.3 is 0 Å². The standard InChI is InChI=1S/C27H20N4O4S2/c32-26(29-15-18-4-2-1-3-5-18)17-36-27-30-23-12-8-20(14-25(23)37-27)28-16-22-11-13-24(35-22)19-6-9-21(10-7-19)31(33)34/h1-14,16H,15,17H2,(H,29,32). The summed E-state index contributed by atoms with van der Waals surface area (Å²) in [7, 11) is 0. The number of non-ortho nitro benzene ring substituents is 1. The van der Waals surface area contributed by atoms with Crippen molar-refractivity contribution >= 4 is 56.8 Å². The normalized spacial score (nSPS) is 11.2. The maximum absolute atomic E-state index is 12.2. The molecular formula is C27H20N4O4S2. The van der Waals surface area contributed by atoms with E-state index >= 15 is 0 Å². The molecule has 0 aliphatic rings. The number of furan rings is 1. The van der Waals surface area contributed by atoms with Crippen molar-refractivity contribution in [1.29, 1.82) is 0 Å². The van der Waals surface area contributed by atoms with Crippen LogP contribution in [0.2, 0.25) is 0 Å². The minimum absolute atomic E-state index is 0.0310. The smallest absolute Gasteiger partial charge is 0.269 e. The van der Waals surface area contributed by atoms with Crippen molar-refractivity contribution in [3.8, 4) is 11.3 Å². The van der Waals surface area contributed by atoms with Crippen LogP contribution in [0.5, 0.6) is 0 Å². The molecule has 3 aromatic carbocycles. The summed E-state index contributed by atoms with van der Waals surface area (Å²) in [6.07, 6.45) is 1.63. The first-order valence-electron chi connectivity index (χ1n) is 11.3. The van der Waals surface area contributed by atoms with E-state index in [0.29, 0.717) is 23.8 Å². The van der Waals surface area contributed by atoms with Crippen LogP contribution in [0.1, 0.15) is 11.3 Å². The fraction of sp³-hybridized carbons (Fsp3) is 0.0741. The molecule has 0 fully saturated rings. The third-order valence-electron chi connectivity index (χ3n) is 5.34. The summed E-state index contributed by atoms with van der Waals surface area (Å²) in [6.45, 7) is 0.506. The van der Waals surface area contributed by atoms with Crippen LogP contribution in [0.25, 0.3) is 21.5 Å². The Labute approximate surface area is 220 Å². The molecule has 184 valence electrons. The first-order chi connectivity index (χ1) is 18.0. The van der Waals surface area contributed by atoms with E-state index in [4.69, 9.17) is 4.42 Å². The number of hydrogen-bond acceptors (Lipinski definition) is 8. The molecule has 1 amide bonds. The predicted molar refractivity (Wildman–Crippen MR) is 147 cm³/mol. The van der Waals surface area contributed by atoms with E-state index in [1.165, 1.54) is 35.2 Å². The van der Waals surface area contributed by atoms with Gasteiger partial charge in [0.2, 0.25) is 5.91 Å². The van der Waals surface area contributed by atoms with Crippen LogP contribution in [0.15, 0.2) is 98.7 Å². The van der Waals surface area contributed by atoms with Gasteiger partial charge in [-0.3, -0.25) is 19.9 Å². The van der Waals surface area contributed by atoms with E-state index in [0.717, 1.165) is 31.4 Å². The van der Waals surface area contributed by atoms with E-state index in [9.17, 15) is 14.9 Å². The second-order valence-electron chi connectivity index (χ2n) is 7.95. The van der Waals surface area contributed by atoms with Crippen LogP contribution in [0.4, 0.5) is 11.4 Å². The number of aromatic nitrogens is 1. The number of thioether (sulfide) groups is 1. The maximum Gasteiger partial charge on any atom is 0.269 e. The number of nitro benzene ring substituents is 1. The molecule has 37 heavy (non-hydrogen) atoms. The number of carbonyl (C=O) groups is 1. The Morgan fingerprint density at radius 3 is 2.68 bits per heavy atom. The number of carbonyl (C=O) groups excluding carboxylic acids is 1. The molecule has 0 atom stereocenters. The van der Waals surface area contributed by atoms with Crippen molar-refractivity contribution in [2.75, 3.05) is 5.75 Å². The van der Waals surface area contributed by atoms with E-state index in [-0.39, 0.29) is 11.6 Å². The Bertz CT molecular complexity index is 1580. The molecule has 5 aromatic rings. The third-order valence-corrected chi connectivity index (χ3v) is 7.50. The zero-order chi connectivity index (χ0) is 25.6. The lowest BCUT2D eigenvalue weighted by molar-refractivity contribution is -0.384. The highest BCUT2D eigenvalue weighted by Crippen LogP contribution is 2.32. The number of nitro groups is 1. The summed E-state index contributed by atoms with van der Waals surface area (Å²) in [5.74, 6) is 1.43. The summed E-state index contributed by atoms with van der Waals surface area (Å²) in [6, 6.07) is 25.3. The molecule has 8 nitrogen and oxygen atoms in total. The van der Waals surface area contributed by atoms with Crippen molar-refractivity contribution in [2.24, 2.45) is 4.99 Å². The van der Waals surface area contributed by atoms with Gasteiger partial charge in [-0.2, -0.15) is 0 Å². The van der Waals surface area contributed by atoms with Crippen LogP contribution in [-0.4, -0.2) is 27.8 Å². The first kappa shape index (κ1) is 24.4. The SMILES string of the molecule is O=C(CSc1nc2ccc(N=Cc3ccc(-c4ccc([N+](=O)[O-])cc4)o3)cc2s1)NCc1ccccc1. The molecule has 0 aliphatic heterocycles. The molecule has 0 saturated heterocycles. The second kappa shape index (κ2) is 11.2. The number of fused-ring (bicyclic) bond motifs is 1. The maximum atomic E-state index is 12.2. The lowest BCUT2D eigenvalue weighted by Crippen LogP contribution is -2.24.